The van der Waals surface area contributed by atoms with E-state index in [9.17, 15) is 0 Å². The number of anilines is 3. The highest BCUT2D eigenvalue weighted by Crippen LogP contribution is 2.34. The first kappa shape index (κ1) is 18.1. The summed E-state index contributed by atoms with van der Waals surface area (Å²) in [5.41, 5.74) is 8.74. The van der Waals surface area contributed by atoms with Gasteiger partial charge in [0.05, 0.1) is 0 Å². The van der Waals surface area contributed by atoms with E-state index in [1.165, 1.54) is 37.7 Å². The van der Waals surface area contributed by atoms with Gasteiger partial charge in [0.15, 0.2) is 11.6 Å². The summed E-state index contributed by atoms with van der Waals surface area (Å²) in [4.78, 5) is 13.8. The van der Waals surface area contributed by atoms with Crippen molar-refractivity contribution in [2.45, 2.75) is 39.0 Å². The molecule has 1 aromatic heterocycles. The van der Waals surface area contributed by atoms with Gasteiger partial charge in [-0.25, -0.2) is 9.97 Å². The minimum Gasteiger partial charge on any atom is -0.393 e. The first-order chi connectivity index (χ1) is 13.2. The molecule has 1 unspecified atom stereocenters. The third-order valence-corrected chi connectivity index (χ3v) is 6.08. The zero-order chi connectivity index (χ0) is 18.6. The molecule has 2 aromatic rings. The highest BCUT2D eigenvalue weighted by molar-refractivity contribution is 5.75. The summed E-state index contributed by atoms with van der Waals surface area (Å²) in [6.45, 7) is 6.44. The molecule has 144 valence electrons. The van der Waals surface area contributed by atoms with Crippen molar-refractivity contribution in [2.24, 2.45) is 11.8 Å². The van der Waals surface area contributed by atoms with Crippen LogP contribution >= 0.6 is 0 Å². The van der Waals surface area contributed by atoms with E-state index in [1.54, 1.807) is 6.33 Å². The number of aromatic nitrogens is 2. The molecule has 2 N–H and O–H groups in total. The summed E-state index contributed by atoms with van der Waals surface area (Å²) >= 11 is 0. The SMILES string of the molecule is CC1CCCN(c2ncnc(N3CCC(Cc4ccccc4)CC3)c2N)C1. The zero-order valence-corrected chi connectivity index (χ0v) is 16.3. The molecule has 27 heavy (non-hydrogen) atoms. The molecule has 2 fully saturated rings. The van der Waals surface area contributed by atoms with Crippen LogP contribution in [0.5, 0.6) is 0 Å². The molecule has 0 spiro atoms. The molecular formula is C22H31N5. The van der Waals surface area contributed by atoms with Gasteiger partial charge in [-0.05, 0) is 49.5 Å². The van der Waals surface area contributed by atoms with E-state index in [0.717, 1.165) is 49.4 Å². The van der Waals surface area contributed by atoms with Crippen LogP contribution in [0, 0.1) is 11.8 Å². The minimum absolute atomic E-state index is 0.699. The van der Waals surface area contributed by atoms with Crippen LogP contribution in [0.2, 0.25) is 0 Å². The molecule has 0 bridgehead atoms. The number of nitrogens with zero attached hydrogens (tertiary/aromatic N) is 4. The number of rotatable bonds is 4. The third kappa shape index (κ3) is 4.18. The van der Waals surface area contributed by atoms with Crippen molar-refractivity contribution in [3.63, 3.8) is 0 Å². The number of hydrogen-bond acceptors (Lipinski definition) is 5. The standard InChI is InChI=1S/C22H31N5/c1-17-6-5-11-27(15-17)22-20(23)21(24-16-25-22)26-12-9-19(10-13-26)14-18-7-3-2-4-8-18/h2-4,7-8,16-17,19H,5-6,9-15,23H2,1H3. The van der Waals surface area contributed by atoms with Crippen molar-refractivity contribution in [2.75, 3.05) is 41.7 Å². The lowest BCUT2D eigenvalue weighted by Gasteiger charge is -2.36. The Labute approximate surface area is 162 Å². The molecule has 3 heterocycles. The van der Waals surface area contributed by atoms with E-state index in [1.807, 2.05) is 0 Å². The van der Waals surface area contributed by atoms with Gasteiger partial charge in [-0.1, -0.05) is 37.3 Å². The summed E-state index contributed by atoms with van der Waals surface area (Å²) < 4.78 is 0. The lowest BCUT2D eigenvalue weighted by molar-refractivity contribution is 0.402. The lowest BCUT2D eigenvalue weighted by Crippen LogP contribution is -2.37. The average molecular weight is 366 g/mol. The molecule has 0 saturated carbocycles. The summed E-state index contributed by atoms with van der Waals surface area (Å²) in [7, 11) is 0. The van der Waals surface area contributed by atoms with Crippen LogP contribution in [-0.2, 0) is 6.42 Å². The number of nitrogens with two attached hydrogens (primary N) is 1. The lowest BCUT2D eigenvalue weighted by atomic mass is 9.90. The van der Waals surface area contributed by atoms with E-state index in [4.69, 9.17) is 5.73 Å². The van der Waals surface area contributed by atoms with Gasteiger partial charge >= 0.3 is 0 Å². The zero-order valence-electron chi connectivity index (χ0n) is 16.3. The highest BCUT2D eigenvalue weighted by Gasteiger charge is 2.25. The number of piperidine rings is 2. The van der Waals surface area contributed by atoms with E-state index in [-0.39, 0.29) is 0 Å². The Balaban J connectivity index is 1.41. The van der Waals surface area contributed by atoms with Gasteiger partial charge in [0.25, 0.3) is 0 Å². The van der Waals surface area contributed by atoms with Crippen LogP contribution in [-0.4, -0.2) is 36.1 Å². The Morgan fingerprint density at radius 1 is 0.963 bits per heavy atom. The Morgan fingerprint density at radius 2 is 1.67 bits per heavy atom. The monoisotopic (exact) mass is 365 g/mol. The number of nitrogen functional groups attached to an aromatic ring is 1. The maximum absolute atomic E-state index is 6.54. The normalized spacial score (nSPS) is 21.4. The Morgan fingerprint density at radius 3 is 2.37 bits per heavy atom. The van der Waals surface area contributed by atoms with E-state index in [0.29, 0.717) is 5.92 Å². The van der Waals surface area contributed by atoms with E-state index in [2.05, 4.69) is 57.0 Å². The van der Waals surface area contributed by atoms with Crippen LogP contribution in [0.25, 0.3) is 0 Å². The highest BCUT2D eigenvalue weighted by atomic mass is 15.3. The Kier molecular flexibility index (Phi) is 5.46. The molecule has 2 aliphatic heterocycles. The van der Waals surface area contributed by atoms with Crippen LogP contribution in [0.4, 0.5) is 17.3 Å². The first-order valence-corrected chi connectivity index (χ1v) is 10.3. The largest absolute Gasteiger partial charge is 0.393 e. The topological polar surface area (TPSA) is 58.3 Å². The van der Waals surface area contributed by atoms with Gasteiger partial charge in [0.1, 0.15) is 12.0 Å². The van der Waals surface area contributed by atoms with Crippen LogP contribution < -0.4 is 15.5 Å². The predicted octanol–water partition coefficient (Wildman–Crippen LogP) is 3.75. The Bertz CT molecular complexity index is 740. The molecular weight excluding hydrogens is 334 g/mol. The van der Waals surface area contributed by atoms with Gasteiger partial charge in [-0.3, -0.25) is 0 Å². The second kappa shape index (κ2) is 8.15. The van der Waals surface area contributed by atoms with Crippen molar-refractivity contribution in [1.29, 1.82) is 0 Å². The van der Waals surface area contributed by atoms with Crippen LogP contribution in [0.1, 0.15) is 38.2 Å². The van der Waals surface area contributed by atoms with Crippen molar-refractivity contribution in [3.05, 3.63) is 42.2 Å². The second-order valence-corrected chi connectivity index (χ2v) is 8.25. The average Bonchev–Trinajstić information content (AvgIpc) is 2.70. The van der Waals surface area contributed by atoms with Crippen LogP contribution in [0.3, 0.4) is 0 Å². The molecule has 4 rings (SSSR count). The summed E-state index contributed by atoms with van der Waals surface area (Å²) in [6.07, 6.45) is 7.75. The number of hydrogen-bond donors (Lipinski definition) is 1. The quantitative estimate of drug-likeness (QED) is 0.894. The summed E-state index contributed by atoms with van der Waals surface area (Å²) in [5, 5.41) is 0. The second-order valence-electron chi connectivity index (χ2n) is 8.25. The van der Waals surface area contributed by atoms with Gasteiger partial charge in [0, 0.05) is 26.2 Å². The smallest absolute Gasteiger partial charge is 0.157 e. The fourth-order valence-corrected chi connectivity index (χ4v) is 4.56. The van der Waals surface area contributed by atoms with Gasteiger partial charge in [0.2, 0.25) is 0 Å². The molecule has 5 heteroatoms. The molecule has 1 aromatic carbocycles. The summed E-state index contributed by atoms with van der Waals surface area (Å²) in [5.74, 6) is 3.30. The van der Waals surface area contributed by atoms with Crippen LogP contribution in [0.15, 0.2) is 36.7 Å². The molecule has 0 aliphatic carbocycles. The summed E-state index contributed by atoms with van der Waals surface area (Å²) in [6, 6.07) is 10.8. The maximum Gasteiger partial charge on any atom is 0.157 e. The third-order valence-electron chi connectivity index (χ3n) is 6.08. The minimum atomic E-state index is 0.699. The van der Waals surface area contributed by atoms with Crippen molar-refractivity contribution in [3.8, 4) is 0 Å². The van der Waals surface area contributed by atoms with E-state index >= 15 is 0 Å². The predicted molar refractivity (Wildman–Crippen MR) is 112 cm³/mol. The maximum atomic E-state index is 6.54. The van der Waals surface area contributed by atoms with Crippen molar-refractivity contribution >= 4 is 17.3 Å². The van der Waals surface area contributed by atoms with Gasteiger partial charge in [-0.15, -0.1) is 0 Å². The fourth-order valence-electron chi connectivity index (χ4n) is 4.56. The van der Waals surface area contributed by atoms with Gasteiger partial charge < -0.3 is 15.5 Å². The molecule has 1 atom stereocenters. The molecule has 0 amide bonds. The Hall–Kier alpha value is -2.30. The molecule has 2 saturated heterocycles. The fraction of sp³-hybridized carbons (Fsp3) is 0.545. The molecule has 5 nitrogen and oxygen atoms in total. The molecule has 2 aliphatic rings. The van der Waals surface area contributed by atoms with Crippen molar-refractivity contribution in [1.82, 2.24) is 9.97 Å². The number of benzene rings is 1. The van der Waals surface area contributed by atoms with Gasteiger partial charge in [-0.2, -0.15) is 0 Å². The van der Waals surface area contributed by atoms with Crippen molar-refractivity contribution < 1.29 is 0 Å². The first-order valence-electron chi connectivity index (χ1n) is 10.3. The molecule has 0 radical (unpaired) electrons. The van der Waals surface area contributed by atoms with E-state index < -0.39 is 0 Å².